The molecule has 1 aliphatic rings. The second kappa shape index (κ2) is 8.61. The summed E-state index contributed by atoms with van der Waals surface area (Å²) in [6.45, 7) is 5.20. The predicted molar refractivity (Wildman–Crippen MR) is 105 cm³/mol. The molecule has 0 saturated carbocycles. The lowest BCUT2D eigenvalue weighted by molar-refractivity contribution is -0.115. The quantitative estimate of drug-likeness (QED) is 0.790. The van der Waals surface area contributed by atoms with Gasteiger partial charge < -0.3 is 15.0 Å². The fourth-order valence-corrected chi connectivity index (χ4v) is 3.76. The molecule has 0 spiro atoms. The van der Waals surface area contributed by atoms with Crippen LogP contribution in [0.25, 0.3) is 0 Å². The van der Waals surface area contributed by atoms with Crippen LogP contribution >= 0.6 is 23.4 Å². The zero-order valence-electron chi connectivity index (χ0n) is 14.1. The molecule has 1 aliphatic heterocycles. The number of carbonyl (C=O) groups excluding carboxylic acids is 1. The molecule has 132 valence electrons. The smallest absolute Gasteiger partial charge is 0.237 e. The molecular weight excluding hydrogens is 356 g/mol. The Morgan fingerprint density at radius 3 is 2.52 bits per heavy atom. The molecule has 25 heavy (non-hydrogen) atoms. The van der Waals surface area contributed by atoms with E-state index in [0.29, 0.717) is 5.02 Å². The molecular formula is C19H21ClN2O2S. The lowest BCUT2D eigenvalue weighted by Gasteiger charge is -2.28. The third-order valence-electron chi connectivity index (χ3n) is 4.02. The molecule has 1 atom stereocenters. The SMILES string of the molecule is C[C@H](Sc1ccccc1Cl)C(=O)Nc1ccc(N2CCOCC2)cc1. The number of benzene rings is 2. The molecule has 1 N–H and O–H groups in total. The van der Waals surface area contributed by atoms with Crippen LogP contribution in [0.15, 0.2) is 53.4 Å². The van der Waals surface area contributed by atoms with Gasteiger partial charge in [0.15, 0.2) is 0 Å². The van der Waals surface area contributed by atoms with Crippen LogP contribution in [0.3, 0.4) is 0 Å². The number of rotatable bonds is 5. The molecule has 1 heterocycles. The third kappa shape index (κ3) is 4.91. The molecule has 0 aliphatic carbocycles. The summed E-state index contributed by atoms with van der Waals surface area (Å²) in [5, 5.41) is 3.40. The second-order valence-corrected chi connectivity index (χ2v) is 7.62. The monoisotopic (exact) mass is 376 g/mol. The number of ether oxygens (including phenoxy) is 1. The van der Waals surface area contributed by atoms with Crippen LogP contribution in [-0.4, -0.2) is 37.5 Å². The Labute approximate surface area is 157 Å². The lowest BCUT2D eigenvalue weighted by Crippen LogP contribution is -2.36. The first-order valence-electron chi connectivity index (χ1n) is 8.28. The number of anilines is 2. The maximum absolute atomic E-state index is 12.4. The lowest BCUT2D eigenvalue weighted by atomic mass is 10.2. The minimum Gasteiger partial charge on any atom is -0.378 e. The van der Waals surface area contributed by atoms with Crippen molar-refractivity contribution in [2.45, 2.75) is 17.1 Å². The Hall–Kier alpha value is -1.69. The second-order valence-electron chi connectivity index (χ2n) is 5.83. The van der Waals surface area contributed by atoms with Crippen molar-refractivity contribution in [3.63, 3.8) is 0 Å². The first-order valence-corrected chi connectivity index (χ1v) is 9.54. The van der Waals surface area contributed by atoms with Crippen LogP contribution in [0.2, 0.25) is 5.02 Å². The van der Waals surface area contributed by atoms with E-state index in [1.54, 1.807) is 0 Å². The maximum Gasteiger partial charge on any atom is 0.237 e. The molecule has 2 aromatic rings. The van der Waals surface area contributed by atoms with Gasteiger partial charge in [-0.2, -0.15) is 0 Å². The minimum absolute atomic E-state index is 0.0379. The van der Waals surface area contributed by atoms with E-state index < -0.39 is 0 Å². The number of nitrogens with zero attached hydrogens (tertiary/aromatic N) is 1. The summed E-state index contributed by atoms with van der Waals surface area (Å²) >= 11 is 7.62. The van der Waals surface area contributed by atoms with Gasteiger partial charge in [-0.1, -0.05) is 23.7 Å². The van der Waals surface area contributed by atoms with Gasteiger partial charge in [-0.15, -0.1) is 11.8 Å². The summed E-state index contributed by atoms with van der Waals surface area (Å²) in [4.78, 5) is 15.6. The Balaban J connectivity index is 1.57. The molecule has 4 nitrogen and oxygen atoms in total. The number of thioether (sulfide) groups is 1. The highest BCUT2D eigenvalue weighted by Crippen LogP contribution is 2.30. The van der Waals surface area contributed by atoms with E-state index in [9.17, 15) is 4.79 Å². The van der Waals surface area contributed by atoms with Gasteiger partial charge in [0.1, 0.15) is 0 Å². The number of carbonyl (C=O) groups is 1. The Bertz CT molecular complexity index is 718. The van der Waals surface area contributed by atoms with E-state index in [1.165, 1.54) is 11.8 Å². The minimum atomic E-state index is -0.237. The van der Waals surface area contributed by atoms with Gasteiger partial charge in [0.2, 0.25) is 5.91 Å². The zero-order valence-corrected chi connectivity index (χ0v) is 15.6. The number of hydrogen-bond acceptors (Lipinski definition) is 4. The van der Waals surface area contributed by atoms with Crippen molar-refractivity contribution < 1.29 is 9.53 Å². The molecule has 0 unspecified atom stereocenters. The van der Waals surface area contributed by atoms with E-state index >= 15 is 0 Å². The average molecular weight is 377 g/mol. The molecule has 0 bridgehead atoms. The van der Waals surface area contributed by atoms with Gasteiger partial charge >= 0.3 is 0 Å². The molecule has 3 rings (SSSR count). The van der Waals surface area contributed by atoms with Gasteiger partial charge in [-0.3, -0.25) is 4.79 Å². The summed E-state index contributed by atoms with van der Waals surface area (Å²) in [5.74, 6) is -0.0379. The Morgan fingerprint density at radius 1 is 1.16 bits per heavy atom. The van der Waals surface area contributed by atoms with Crippen LogP contribution in [0, 0.1) is 0 Å². The normalized spacial score (nSPS) is 15.7. The summed E-state index contributed by atoms with van der Waals surface area (Å²) < 4.78 is 5.37. The van der Waals surface area contributed by atoms with Gasteiger partial charge in [-0.25, -0.2) is 0 Å². The number of nitrogens with one attached hydrogen (secondary N) is 1. The number of morpholine rings is 1. The molecule has 2 aromatic carbocycles. The summed E-state index contributed by atoms with van der Waals surface area (Å²) in [6.07, 6.45) is 0. The highest BCUT2D eigenvalue weighted by atomic mass is 35.5. The zero-order chi connectivity index (χ0) is 17.6. The topological polar surface area (TPSA) is 41.6 Å². The number of halogens is 1. The standard InChI is InChI=1S/C19H21ClN2O2S/c1-14(25-18-5-3-2-4-17(18)20)19(23)21-15-6-8-16(9-7-15)22-10-12-24-13-11-22/h2-9,14H,10-13H2,1H3,(H,21,23)/t14-/m0/s1. The number of hydrogen-bond donors (Lipinski definition) is 1. The van der Waals surface area contributed by atoms with E-state index in [0.717, 1.165) is 42.6 Å². The van der Waals surface area contributed by atoms with E-state index in [4.69, 9.17) is 16.3 Å². The molecule has 0 aromatic heterocycles. The summed E-state index contributed by atoms with van der Waals surface area (Å²) in [5.41, 5.74) is 1.95. The molecule has 1 fully saturated rings. The maximum atomic E-state index is 12.4. The number of amides is 1. The Morgan fingerprint density at radius 2 is 1.84 bits per heavy atom. The van der Waals surface area contributed by atoms with E-state index in [1.807, 2.05) is 55.5 Å². The van der Waals surface area contributed by atoms with E-state index in [2.05, 4.69) is 10.2 Å². The summed E-state index contributed by atoms with van der Waals surface area (Å²) in [6, 6.07) is 15.5. The highest BCUT2D eigenvalue weighted by Gasteiger charge is 2.16. The van der Waals surface area contributed by atoms with Crippen molar-refractivity contribution in [2.24, 2.45) is 0 Å². The molecule has 1 saturated heterocycles. The first-order chi connectivity index (χ1) is 12.1. The van der Waals surface area contributed by atoms with Crippen molar-refractivity contribution in [3.8, 4) is 0 Å². The van der Waals surface area contributed by atoms with Crippen LogP contribution in [0.4, 0.5) is 11.4 Å². The molecule has 0 radical (unpaired) electrons. The highest BCUT2D eigenvalue weighted by molar-refractivity contribution is 8.00. The van der Waals surface area contributed by atoms with Crippen molar-refractivity contribution in [1.82, 2.24) is 0 Å². The van der Waals surface area contributed by atoms with Gasteiger partial charge in [0.05, 0.1) is 23.5 Å². The van der Waals surface area contributed by atoms with Gasteiger partial charge in [-0.05, 0) is 43.3 Å². The van der Waals surface area contributed by atoms with Crippen LogP contribution < -0.4 is 10.2 Å². The van der Waals surface area contributed by atoms with Crippen molar-refractivity contribution in [1.29, 1.82) is 0 Å². The van der Waals surface area contributed by atoms with Crippen LogP contribution in [0.5, 0.6) is 0 Å². The molecule has 6 heteroatoms. The van der Waals surface area contributed by atoms with Crippen molar-refractivity contribution in [3.05, 3.63) is 53.6 Å². The average Bonchev–Trinajstić information content (AvgIpc) is 2.65. The fraction of sp³-hybridized carbons (Fsp3) is 0.316. The van der Waals surface area contributed by atoms with Crippen LogP contribution in [0.1, 0.15) is 6.92 Å². The largest absolute Gasteiger partial charge is 0.378 e. The van der Waals surface area contributed by atoms with Crippen LogP contribution in [-0.2, 0) is 9.53 Å². The first kappa shape index (κ1) is 18.1. The summed E-state index contributed by atoms with van der Waals surface area (Å²) in [7, 11) is 0. The third-order valence-corrected chi connectivity index (χ3v) is 5.64. The Kier molecular flexibility index (Phi) is 6.24. The van der Waals surface area contributed by atoms with E-state index in [-0.39, 0.29) is 11.2 Å². The fourth-order valence-electron chi connectivity index (χ4n) is 2.61. The van der Waals surface area contributed by atoms with Gasteiger partial charge in [0, 0.05) is 29.4 Å². The molecule has 1 amide bonds. The van der Waals surface area contributed by atoms with Gasteiger partial charge in [0.25, 0.3) is 0 Å². The van der Waals surface area contributed by atoms with Crippen molar-refractivity contribution in [2.75, 3.05) is 36.5 Å². The van der Waals surface area contributed by atoms with Crippen molar-refractivity contribution >= 4 is 40.6 Å². The predicted octanol–water partition coefficient (Wildman–Crippen LogP) is 4.30.